The quantitative estimate of drug-likeness (QED) is 0.653. The van der Waals surface area contributed by atoms with E-state index in [2.05, 4.69) is 26.1 Å². The zero-order valence-electron chi connectivity index (χ0n) is 8.52. The third-order valence-corrected chi connectivity index (χ3v) is 2.18. The number of ether oxygens (including phenoxy) is 1. The average Bonchev–Trinajstić information content (AvgIpc) is 1.80. The fourth-order valence-electron chi connectivity index (χ4n) is 1.23. The standard InChI is InChI=1S/C10H21NO/c1-10(2,3)12-8-7-11-9-5-4-6-9/h9,11H,4-8H2,1-3H3. The van der Waals surface area contributed by atoms with Crippen LogP contribution in [0.25, 0.3) is 0 Å². The van der Waals surface area contributed by atoms with E-state index in [9.17, 15) is 0 Å². The van der Waals surface area contributed by atoms with Gasteiger partial charge in [-0.2, -0.15) is 0 Å². The number of hydrogen-bond donors (Lipinski definition) is 1. The first-order valence-corrected chi connectivity index (χ1v) is 4.95. The third-order valence-electron chi connectivity index (χ3n) is 2.18. The largest absolute Gasteiger partial charge is 0.375 e. The van der Waals surface area contributed by atoms with Crippen molar-refractivity contribution < 1.29 is 4.74 Å². The smallest absolute Gasteiger partial charge is 0.0599 e. The molecule has 1 aliphatic carbocycles. The second-order valence-electron chi connectivity index (χ2n) is 4.54. The molecule has 0 bridgehead atoms. The number of nitrogens with one attached hydrogen (secondary N) is 1. The molecule has 72 valence electrons. The summed E-state index contributed by atoms with van der Waals surface area (Å²) < 4.78 is 5.59. The first kappa shape index (κ1) is 10.0. The van der Waals surface area contributed by atoms with Crippen molar-refractivity contribution in [1.82, 2.24) is 5.32 Å². The Hall–Kier alpha value is -0.0800. The van der Waals surface area contributed by atoms with E-state index in [1.54, 1.807) is 0 Å². The van der Waals surface area contributed by atoms with E-state index in [4.69, 9.17) is 4.74 Å². The molecular weight excluding hydrogens is 150 g/mol. The molecule has 1 fully saturated rings. The van der Waals surface area contributed by atoms with Gasteiger partial charge in [0.2, 0.25) is 0 Å². The molecule has 1 aliphatic rings. The van der Waals surface area contributed by atoms with Crippen molar-refractivity contribution in [2.45, 2.75) is 51.7 Å². The van der Waals surface area contributed by atoms with Gasteiger partial charge in [0.1, 0.15) is 0 Å². The van der Waals surface area contributed by atoms with Crippen LogP contribution < -0.4 is 5.32 Å². The summed E-state index contributed by atoms with van der Waals surface area (Å²) in [5.74, 6) is 0. The molecule has 0 radical (unpaired) electrons. The van der Waals surface area contributed by atoms with E-state index >= 15 is 0 Å². The van der Waals surface area contributed by atoms with Crippen LogP contribution in [-0.2, 0) is 4.74 Å². The molecule has 12 heavy (non-hydrogen) atoms. The van der Waals surface area contributed by atoms with Crippen molar-refractivity contribution >= 4 is 0 Å². The van der Waals surface area contributed by atoms with Gasteiger partial charge in [0, 0.05) is 12.6 Å². The molecule has 2 nitrogen and oxygen atoms in total. The van der Waals surface area contributed by atoms with Crippen molar-refractivity contribution in [1.29, 1.82) is 0 Å². The predicted octanol–water partition coefficient (Wildman–Crippen LogP) is 1.94. The Morgan fingerprint density at radius 3 is 2.42 bits per heavy atom. The van der Waals surface area contributed by atoms with Gasteiger partial charge < -0.3 is 10.1 Å². The Bertz CT molecular complexity index is 124. The van der Waals surface area contributed by atoms with Crippen LogP contribution in [0, 0.1) is 0 Å². The average molecular weight is 171 g/mol. The second-order valence-corrected chi connectivity index (χ2v) is 4.54. The predicted molar refractivity (Wildman–Crippen MR) is 51.3 cm³/mol. The minimum absolute atomic E-state index is 0.0152. The van der Waals surface area contributed by atoms with Crippen LogP contribution in [0.5, 0.6) is 0 Å². The van der Waals surface area contributed by atoms with Crippen LogP contribution in [0.4, 0.5) is 0 Å². The highest BCUT2D eigenvalue weighted by atomic mass is 16.5. The summed E-state index contributed by atoms with van der Waals surface area (Å²) in [6.07, 6.45) is 4.11. The Morgan fingerprint density at radius 2 is 2.00 bits per heavy atom. The molecule has 1 N–H and O–H groups in total. The summed E-state index contributed by atoms with van der Waals surface area (Å²) >= 11 is 0. The lowest BCUT2D eigenvalue weighted by Crippen LogP contribution is -2.38. The Labute approximate surface area is 75.7 Å². The molecular formula is C10H21NO. The maximum Gasteiger partial charge on any atom is 0.0599 e. The van der Waals surface area contributed by atoms with Crippen LogP contribution in [0.3, 0.4) is 0 Å². The molecule has 1 rings (SSSR count). The first-order chi connectivity index (χ1) is 5.58. The molecule has 1 saturated carbocycles. The van der Waals surface area contributed by atoms with Crippen LogP contribution in [0.2, 0.25) is 0 Å². The number of hydrogen-bond acceptors (Lipinski definition) is 2. The van der Waals surface area contributed by atoms with Gasteiger partial charge in [-0.25, -0.2) is 0 Å². The number of rotatable bonds is 4. The van der Waals surface area contributed by atoms with Crippen LogP contribution >= 0.6 is 0 Å². The van der Waals surface area contributed by atoms with E-state index < -0.39 is 0 Å². The molecule has 0 spiro atoms. The molecule has 0 aromatic carbocycles. The topological polar surface area (TPSA) is 21.3 Å². The van der Waals surface area contributed by atoms with Crippen molar-refractivity contribution in [3.63, 3.8) is 0 Å². The normalized spacial score (nSPS) is 19.2. The fraction of sp³-hybridized carbons (Fsp3) is 1.00. The molecule has 0 unspecified atom stereocenters. The summed E-state index contributed by atoms with van der Waals surface area (Å²) in [4.78, 5) is 0. The third kappa shape index (κ3) is 4.07. The zero-order chi connectivity index (χ0) is 9.03. The first-order valence-electron chi connectivity index (χ1n) is 4.95. The summed E-state index contributed by atoms with van der Waals surface area (Å²) in [7, 11) is 0. The molecule has 0 aliphatic heterocycles. The highest BCUT2D eigenvalue weighted by molar-refractivity contribution is 4.75. The minimum Gasteiger partial charge on any atom is -0.375 e. The monoisotopic (exact) mass is 171 g/mol. The van der Waals surface area contributed by atoms with Crippen LogP contribution in [0.15, 0.2) is 0 Å². The summed E-state index contributed by atoms with van der Waals surface area (Å²) in [6.45, 7) is 8.12. The molecule has 0 amide bonds. The van der Waals surface area contributed by atoms with Crippen molar-refractivity contribution in [2.24, 2.45) is 0 Å². The van der Waals surface area contributed by atoms with E-state index in [1.165, 1.54) is 19.3 Å². The maximum absolute atomic E-state index is 5.59. The summed E-state index contributed by atoms with van der Waals surface area (Å²) in [5.41, 5.74) is 0.0152. The van der Waals surface area contributed by atoms with Gasteiger partial charge in [-0.3, -0.25) is 0 Å². The molecule has 0 heterocycles. The van der Waals surface area contributed by atoms with Gasteiger partial charge >= 0.3 is 0 Å². The Kier molecular flexibility index (Phi) is 3.53. The van der Waals surface area contributed by atoms with Crippen molar-refractivity contribution in [2.75, 3.05) is 13.2 Å². The molecule has 2 heteroatoms. The molecule has 0 aromatic heterocycles. The van der Waals surface area contributed by atoms with Crippen LogP contribution in [0.1, 0.15) is 40.0 Å². The minimum atomic E-state index is 0.0152. The van der Waals surface area contributed by atoms with Gasteiger partial charge in [0.05, 0.1) is 12.2 Å². The zero-order valence-corrected chi connectivity index (χ0v) is 8.52. The Morgan fingerprint density at radius 1 is 1.33 bits per heavy atom. The van der Waals surface area contributed by atoms with Gasteiger partial charge in [-0.15, -0.1) is 0 Å². The van der Waals surface area contributed by atoms with E-state index in [0.29, 0.717) is 0 Å². The second kappa shape index (κ2) is 4.24. The van der Waals surface area contributed by atoms with E-state index in [-0.39, 0.29) is 5.60 Å². The summed E-state index contributed by atoms with van der Waals surface area (Å²) in [5, 5.41) is 3.47. The summed E-state index contributed by atoms with van der Waals surface area (Å²) in [6, 6.07) is 0.786. The molecule has 0 atom stereocenters. The molecule has 0 saturated heterocycles. The fourth-order valence-corrected chi connectivity index (χ4v) is 1.23. The van der Waals surface area contributed by atoms with Gasteiger partial charge in [-0.1, -0.05) is 6.42 Å². The van der Waals surface area contributed by atoms with Crippen molar-refractivity contribution in [3.05, 3.63) is 0 Å². The highest BCUT2D eigenvalue weighted by Crippen LogP contribution is 2.17. The Balaban J connectivity index is 1.88. The molecule has 0 aromatic rings. The maximum atomic E-state index is 5.59. The van der Waals surface area contributed by atoms with Gasteiger partial charge in [0.25, 0.3) is 0 Å². The lowest BCUT2D eigenvalue weighted by molar-refractivity contribution is -0.00241. The van der Waals surface area contributed by atoms with E-state index in [0.717, 1.165) is 19.2 Å². The van der Waals surface area contributed by atoms with Gasteiger partial charge in [-0.05, 0) is 33.6 Å². The van der Waals surface area contributed by atoms with Crippen LogP contribution in [-0.4, -0.2) is 24.8 Å². The van der Waals surface area contributed by atoms with E-state index in [1.807, 2.05) is 0 Å². The lowest BCUT2D eigenvalue weighted by atomic mass is 9.93. The van der Waals surface area contributed by atoms with Crippen molar-refractivity contribution in [3.8, 4) is 0 Å². The highest BCUT2D eigenvalue weighted by Gasteiger charge is 2.16. The SMILES string of the molecule is CC(C)(C)OCCNC1CCC1. The van der Waals surface area contributed by atoms with Gasteiger partial charge in [0.15, 0.2) is 0 Å². The lowest BCUT2D eigenvalue weighted by Gasteiger charge is -2.27.